The van der Waals surface area contributed by atoms with Gasteiger partial charge >= 0.3 is 0 Å². The van der Waals surface area contributed by atoms with Crippen LogP contribution in [-0.4, -0.2) is 59.0 Å². The Labute approximate surface area is 146 Å². The van der Waals surface area contributed by atoms with Crippen molar-refractivity contribution < 1.29 is 13.9 Å². The summed E-state index contributed by atoms with van der Waals surface area (Å²) in [5, 5.41) is 7.03. The molecule has 1 N–H and O–H groups in total. The minimum atomic E-state index is -0.381. The number of para-hydroxylation sites is 1. The Morgan fingerprint density at radius 3 is 2.72 bits per heavy atom. The van der Waals surface area contributed by atoms with Crippen LogP contribution in [0, 0.1) is 5.82 Å². The smallest absolute Gasteiger partial charge is 0.271 e. The Balaban J connectivity index is 1.53. The molecule has 1 amide bonds. The molecule has 2 heterocycles. The number of halogens is 1. The van der Waals surface area contributed by atoms with E-state index in [4.69, 9.17) is 4.74 Å². The highest BCUT2D eigenvalue weighted by atomic mass is 19.1. The zero-order chi connectivity index (χ0) is 17.8. The van der Waals surface area contributed by atoms with Gasteiger partial charge < -0.3 is 10.1 Å². The number of nitrogens with one attached hydrogen (secondary N) is 1. The summed E-state index contributed by atoms with van der Waals surface area (Å²) in [7, 11) is 0. The summed E-state index contributed by atoms with van der Waals surface area (Å²) in [6.45, 7) is 7.13. The van der Waals surface area contributed by atoms with Gasteiger partial charge in [-0.15, -0.1) is 0 Å². The van der Waals surface area contributed by atoms with Crippen molar-refractivity contribution in [3.05, 3.63) is 48.0 Å². The SMILES string of the molecule is CC1CN(CCNC(=O)c2ccn(-c3ccccc3F)n2)CC(C)O1. The lowest BCUT2D eigenvalue weighted by atomic mass is 10.2. The molecule has 7 heteroatoms. The Morgan fingerprint density at radius 2 is 2.00 bits per heavy atom. The summed E-state index contributed by atoms with van der Waals surface area (Å²) in [5.74, 6) is -0.641. The Bertz CT molecular complexity index is 723. The maximum Gasteiger partial charge on any atom is 0.271 e. The fourth-order valence-corrected chi connectivity index (χ4v) is 3.10. The Morgan fingerprint density at radius 1 is 1.28 bits per heavy atom. The first-order valence-corrected chi connectivity index (χ1v) is 8.49. The molecule has 134 valence electrons. The van der Waals surface area contributed by atoms with Crippen LogP contribution in [0.3, 0.4) is 0 Å². The highest BCUT2D eigenvalue weighted by molar-refractivity contribution is 5.92. The maximum atomic E-state index is 13.8. The molecular formula is C18H23FN4O2. The van der Waals surface area contributed by atoms with E-state index in [1.807, 2.05) is 0 Å². The third kappa shape index (κ3) is 4.43. The highest BCUT2D eigenvalue weighted by Crippen LogP contribution is 2.12. The molecule has 0 aliphatic carbocycles. The Hall–Kier alpha value is -2.25. The van der Waals surface area contributed by atoms with Crippen molar-refractivity contribution in [1.82, 2.24) is 20.0 Å². The van der Waals surface area contributed by atoms with E-state index >= 15 is 0 Å². The first kappa shape index (κ1) is 17.6. The zero-order valence-electron chi connectivity index (χ0n) is 14.5. The predicted octanol–water partition coefficient (Wildman–Crippen LogP) is 1.85. The second kappa shape index (κ2) is 7.76. The van der Waals surface area contributed by atoms with Crippen LogP contribution < -0.4 is 5.32 Å². The molecule has 25 heavy (non-hydrogen) atoms. The molecule has 2 unspecified atom stereocenters. The normalized spacial score (nSPS) is 21.2. The third-order valence-electron chi connectivity index (χ3n) is 4.13. The molecular weight excluding hydrogens is 323 g/mol. The average molecular weight is 346 g/mol. The van der Waals surface area contributed by atoms with E-state index in [0.29, 0.717) is 12.2 Å². The molecule has 0 saturated carbocycles. The van der Waals surface area contributed by atoms with Gasteiger partial charge in [0.25, 0.3) is 5.91 Å². The summed E-state index contributed by atoms with van der Waals surface area (Å²) < 4.78 is 20.8. The number of aromatic nitrogens is 2. The first-order chi connectivity index (χ1) is 12.0. The average Bonchev–Trinajstić information content (AvgIpc) is 3.04. The molecule has 0 bridgehead atoms. The molecule has 1 saturated heterocycles. The van der Waals surface area contributed by atoms with Gasteiger partial charge in [0, 0.05) is 32.4 Å². The minimum Gasteiger partial charge on any atom is -0.373 e. The third-order valence-corrected chi connectivity index (χ3v) is 4.13. The van der Waals surface area contributed by atoms with E-state index in [-0.39, 0.29) is 29.6 Å². The molecule has 1 aromatic heterocycles. The van der Waals surface area contributed by atoms with Crippen molar-refractivity contribution in [2.45, 2.75) is 26.1 Å². The van der Waals surface area contributed by atoms with Crippen molar-refractivity contribution in [3.63, 3.8) is 0 Å². The van der Waals surface area contributed by atoms with Crippen LogP contribution in [0.1, 0.15) is 24.3 Å². The van der Waals surface area contributed by atoms with Crippen molar-refractivity contribution >= 4 is 5.91 Å². The number of morpholine rings is 1. The molecule has 0 radical (unpaired) electrons. The van der Waals surface area contributed by atoms with Crippen LogP contribution in [0.5, 0.6) is 0 Å². The van der Waals surface area contributed by atoms with Gasteiger partial charge in [0.2, 0.25) is 0 Å². The van der Waals surface area contributed by atoms with Gasteiger partial charge in [-0.25, -0.2) is 9.07 Å². The quantitative estimate of drug-likeness (QED) is 0.898. The van der Waals surface area contributed by atoms with Crippen LogP contribution in [-0.2, 0) is 4.74 Å². The number of amides is 1. The number of rotatable bonds is 5. The second-order valence-corrected chi connectivity index (χ2v) is 6.37. The molecule has 0 spiro atoms. The van der Waals surface area contributed by atoms with Crippen molar-refractivity contribution in [1.29, 1.82) is 0 Å². The molecule has 6 nitrogen and oxygen atoms in total. The largest absolute Gasteiger partial charge is 0.373 e. The molecule has 3 rings (SSSR count). The van der Waals surface area contributed by atoms with E-state index in [1.165, 1.54) is 10.7 Å². The molecule has 1 aliphatic rings. The zero-order valence-corrected chi connectivity index (χ0v) is 14.5. The van der Waals surface area contributed by atoms with Crippen LogP contribution in [0.15, 0.2) is 36.5 Å². The summed E-state index contributed by atoms with van der Waals surface area (Å²) in [6.07, 6.45) is 1.99. The molecule has 1 aromatic carbocycles. The maximum absolute atomic E-state index is 13.8. The highest BCUT2D eigenvalue weighted by Gasteiger charge is 2.21. The minimum absolute atomic E-state index is 0.205. The van der Waals surface area contributed by atoms with Crippen LogP contribution in [0.25, 0.3) is 5.69 Å². The van der Waals surface area contributed by atoms with Gasteiger partial charge in [-0.3, -0.25) is 9.69 Å². The lowest BCUT2D eigenvalue weighted by molar-refractivity contribution is -0.0672. The van der Waals surface area contributed by atoms with E-state index in [0.717, 1.165) is 19.6 Å². The summed E-state index contributed by atoms with van der Waals surface area (Å²) in [4.78, 5) is 14.5. The van der Waals surface area contributed by atoms with Gasteiger partial charge in [-0.05, 0) is 32.0 Å². The monoisotopic (exact) mass is 346 g/mol. The Kier molecular flexibility index (Phi) is 5.45. The van der Waals surface area contributed by atoms with Crippen molar-refractivity contribution in [2.75, 3.05) is 26.2 Å². The molecule has 1 aliphatic heterocycles. The standard InChI is InChI=1S/C18H23FN4O2/c1-13-11-22(12-14(2)25-13)10-8-20-18(24)16-7-9-23(21-16)17-6-4-3-5-15(17)19/h3-7,9,13-14H,8,10-12H2,1-2H3,(H,20,24). The topological polar surface area (TPSA) is 59.4 Å². The summed E-state index contributed by atoms with van der Waals surface area (Å²) in [6, 6.07) is 7.90. The van der Waals surface area contributed by atoms with E-state index in [9.17, 15) is 9.18 Å². The van der Waals surface area contributed by atoms with Gasteiger partial charge in [0.1, 0.15) is 11.5 Å². The lowest BCUT2D eigenvalue weighted by Crippen LogP contribution is -2.47. The van der Waals surface area contributed by atoms with E-state index in [1.54, 1.807) is 30.5 Å². The number of benzene rings is 1. The van der Waals surface area contributed by atoms with Crippen molar-refractivity contribution in [2.24, 2.45) is 0 Å². The number of hydrogen-bond acceptors (Lipinski definition) is 4. The van der Waals surface area contributed by atoms with Gasteiger partial charge in [0.15, 0.2) is 5.69 Å². The van der Waals surface area contributed by atoms with Crippen LogP contribution in [0.2, 0.25) is 0 Å². The second-order valence-electron chi connectivity index (χ2n) is 6.37. The molecule has 2 aromatic rings. The van der Waals surface area contributed by atoms with Gasteiger partial charge in [-0.1, -0.05) is 12.1 Å². The number of carbonyl (C=O) groups excluding carboxylic acids is 1. The first-order valence-electron chi connectivity index (χ1n) is 8.49. The molecule has 2 atom stereocenters. The fraction of sp³-hybridized carbons (Fsp3) is 0.444. The van der Waals surface area contributed by atoms with Gasteiger partial charge in [-0.2, -0.15) is 5.10 Å². The van der Waals surface area contributed by atoms with Crippen LogP contribution in [0.4, 0.5) is 4.39 Å². The number of carbonyl (C=O) groups is 1. The summed E-state index contributed by atoms with van der Waals surface area (Å²) >= 11 is 0. The number of ether oxygens (including phenoxy) is 1. The number of hydrogen-bond donors (Lipinski definition) is 1. The fourth-order valence-electron chi connectivity index (χ4n) is 3.10. The molecule has 1 fully saturated rings. The lowest BCUT2D eigenvalue weighted by Gasteiger charge is -2.35. The predicted molar refractivity (Wildman–Crippen MR) is 92.3 cm³/mol. The summed E-state index contributed by atoms with van der Waals surface area (Å²) in [5.41, 5.74) is 0.588. The van der Waals surface area contributed by atoms with E-state index < -0.39 is 0 Å². The number of nitrogens with zero attached hydrogens (tertiary/aromatic N) is 3. The van der Waals surface area contributed by atoms with Gasteiger partial charge in [0.05, 0.1) is 12.2 Å². The van der Waals surface area contributed by atoms with Crippen molar-refractivity contribution in [3.8, 4) is 5.69 Å². The van der Waals surface area contributed by atoms with E-state index in [2.05, 4.69) is 29.2 Å². The van der Waals surface area contributed by atoms with Crippen LogP contribution >= 0.6 is 0 Å².